The van der Waals surface area contributed by atoms with Crippen molar-refractivity contribution in [2.24, 2.45) is 35.5 Å². The van der Waals surface area contributed by atoms with Gasteiger partial charge < -0.3 is 15.5 Å². The van der Waals surface area contributed by atoms with E-state index in [1.165, 1.54) is 0 Å². The number of carbonyl (C=O) groups excluding carboxylic acids is 1. The van der Waals surface area contributed by atoms with E-state index >= 15 is 0 Å². The van der Waals surface area contributed by atoms with Gasteiger partial charge in [-0.2, -0.15) is 0 Å². The quantitative estimate of drug-likeness (QED) is 0.607. The number of hydrogen-bond donors (Lipinski definition) is 3. The SMILES string of the molecule is O=C(O)[C@@H]1[C@H]2C=C[C@@H]([C@@H]3C[C@H]23)[C@H]1C(=O)NCCO. The van der Waals surface area contributed by atoms with Crippen LogP contribution in [0.1, 0.15) is 6.42 Å². The molecular formula is C13H17NO4. The molecule has 6 atom stereocenters. The van der Waals surface area contributed by atoms with E-state index in [-0.39, 0.29) is 30.9 Å². The number of nitrogens with one attached hydrogen (secondary N) is 1. The number of amides is 1. The Balaban J connectivity index is 1.84. The molecule has 0 aliphatic heterocycles. The van der Waals surface area contributed by atoms with E-state index in [0.717, 1.165) is 6.42 Å². The number of carboxylic acid groups (broad SMARTS) is 1. The first kappa shape index (κ1) is 11.7. The van der Waals surface area contributed by atoms with Crippen LogP contribution in [0.15, 0.2) is 12.2 Å². The number of aliphatic hydroxyl groups excluding tert-OH is 1. The lowest BCUT2D eigenvalue weighted by molar-refractivity contribution is -0.153. The average Bonchev–Trinajstić information content (AvgIpc) is 3.16. The van der Waals surface area contributed by atoms with Crippen molar-refractivity contribution in [1.29, 1.82) is 0 Å². The van der Waals surface area contributed by atoms with Gasteiger partial charge in [-0.25, -0.2) is 0 Å². The van der Waals surface area contributed by atoms with Crippen LogP contribution in [0.25, 0.3) is 0 Å². The third-order valence-corrected chi connectivity index (χ3v) is 4.65. The summed E-state index contributed by atoms with van der Waals surface area (Å²) in [5, 5.41) is 20.7. The lowest BCUT2D eigenvalue weighted by Crippen LogP contribution is -2.50. The molecule has 4 rings (SSSR count). The van der Waals surface area contributed by atoms with Crippen molar-refractivity contribution in [2.45, 2.75) is 6.42 Å². The lowest BCUT2D eigenvalue weighted by Gasteiger charge is -2.41. The number of carbonyl (C=O) groups is 2. The zero-order chi connectivity index (χ0) is 12.9. The molecule has 2 bridgehead atoms. The second kappa shape index (κ2) is 4.09. The molecular weight excluding hydrogens is 234 g/mol. The molecule has 0 heterocycles. The van der Waals surface area contributed by atoms with Gasteiger partial charge in [-0.1, -0.05) is 12.2 Å². The van der Waals surface area contributed by atoms with Gasteiger partial charge in [0.2, 0.25) is 5.91 Å². The average molecular weight is 251 g/mol. The molecule has 0 spiro atoms. The topological polar surface area (TPSA) is 86.6 Å². The van der Waals surface area contributed by atoms with Gasteiger partial charge in [0.25, 0.3) is 0 Å². The molecule has 0 saturated heterocycles. The standard InChI is InChI=1S/C13H17NO4/c15-4-3-14-12(16)10-6-1-2-7(9-5-8(6)9)11(10)13(17)18/h1-2,6-11,15H,3-5H2,(H,14,16)(H,17,18)/t6-,7-,8-,9+,10+,11+/m0/s1. The number of aliphatic hydroxyl groups is 1. The largest absolute Gasteiger partial charge is 0.481 e. The Kier molecular flexibility index (Phi) is 2.66. The van der Waals surface area contributed by atoms with Gasteiger partial charge in [0.15, 0.2) is 0 Å². The van der Waals surface area contributed by atoms with Gasteiger partial charge >= 0.3 is 5.97 Å². The first-order chi connectivity index (χ1) is 8.65. The minimum atomic E-state index is -0.871. The summed E-state index contributed by atoms with van der Waals surface area (Å²) >= 11 is 0. The summed E-state index contributed by atoms with van der Waals surface area (Å²) in [5.74, 6) is -1.09. The van der Waals surface area contributed by atoms with E-state index in [9.17, 15) is 14.7 Å². The fraction of sp³-hybridized carbons (Fsp3) is 0.692. The number of fused-ring (bicyclic) bond motifs is 1. The van der Waals surface area contributed by atoms with Gasteiger partial charge in [-0.3, -0.25) is 9.59 Å². The number of carboxylic acids is 1. The smallest absolute Gasteiger partial charge is 0.307 e. The number of hydrogen-bond acceptors (Lipinski definition) is 3. The van der Waals surface area contributed by atoms with Gasteiger partial charge in [0.05, 0.1) is 18.4 Å². The van der Waals surface area contributed by atoms with Crippen molar-refractivity contribution < 1.29 is 19.8 Å². The van der Waals surface area contributed by atoms with Crippen molar-refractivity contribution in [3.05, 3.63) is 12.2 Å². The molecule has 2 fully saturated rings. The summed E-state index contributed by atoms with van der Waals surface area (Å²) in [7, 11) is 0. The van der Waals surface area contributed by atoms with Crippen molar-refractivity contribution in [1.82, 2.24) is 5.32 Å². The summed E-state index contributed by atoms with van der Waals surface area (Å²) in [6, 6.07) is 0. The van der Waals surface area contributed by atoms with E-state index in [1.807, 2.05) is 12.2 Å². The summed E-state index contributed by atoms with van der Waals surface area (Å²) in [4.78, 5) is 23.5. The van der Waals surface area contributed by atoms with Crippen molar-refractivity contribution >= 4 is 11.9 Å². The molecule has 2 saturated carbocycles. The molecule has 3 N–H and O–H groups in total. The molecule has 98 valence electrons. The van der Waals surface area contributed by atoms with E-state index in [1.54, 1.807) is 0 Å². The van der Waals surface area contributed by atoms with Gasteiger partial charge in [-0.15, -0.1) is 0 Å². The minimum absolute atomic E-state index is 0.0161. The van der Waals surface area contributed by atoms with Crippen molar-refractivity contribution in [3.8, 4) is 0 Å². The van der Waals surface area contributed by atoms with Gasteiger partial charge in [0, 0.05) is 6.54 Å². The predicted octanol–water partition coefficient (Wildman–Crippen LogP) is -0.136. The Bertz CT molecular complexity index is 419. The maximum Gasteiger partial charge on any atom is 0.307 e. The highest BCUT2D eigenvalue weighted by Crippen LogP contribution is 2.63. The summed E-state index contributed by atoms with van der Waals surface area (Å²) in [5.41, 5.74) is 0. The monoisotopic (exact) mass is 251 g/mol. The molecule has 0 aromatic heterocycles. The van der Waals surface area contributed by atoms with Crippen LogP contribution in [-0.2, 0) is 9.59 Å². The zero-order valence-electron chi connectivity index (χ0n) is 9.95. The maximum absolute atomic E-state index is 12.1. The van der Waals surface area contributed by atoms with Crippen LogP contribution in [0, 0.1) is 35.5 Å². The third-order valence-electron chi connectivity index (χ3n) is 4.65. The molecule has 4 aliphatic rings. The van der Waals surface area contributed by atoms with E-state index in [4.69, 9.17) is 5.11 Å². The summed E-state index contributed by atoms with van der Waals surface area (Å²) in [6.45, 7) is 0.0725. The maximum atomic E-state index is 12.1. The van der Waals surface area contributed by atoms with Crippen LogP contribution in [0.2, 0.25) is 0 Å². The number of allylic oxidation sites excluding steroid dienone is 2. The Labute approximate surface area is 105 Å². The Morgan fingerprint density at radius 1 is 1.17 bits per heavy atom. The molecule has 5 nitrogen and oxygen atoms in total. The minimum Gasteiger partial charge on any atom is -0.481 e. The summed E-state index contributed by atoms with van der Waals surface area (Å²) in [6.07, 6.45) is 5.07. The summed E-state index contributed by atoms with van der Waals surface area (Å²) < 4.78 is 0. The van der Waals surface area contributed by atoms with Gasteiger partial charge in [0.1, 0.15) is 0 Å². The fourth-order valence-electron chi connectivity index (χ4n) is 3.87. The molecule has 0 aromatic rings. The molecule has 1 amide bonds. The van der Waals surface area contributed by atoms with Crippen LogP contribution >= 0.6 is 0 Å². The van der Waals surface area contributed by atoms with Crippen molar-refractivity contribution in [2.75, 3.05) is 13.2 Å². The lowest BCUT2D eigenvalue weighted by atomic mass is 9.62. The third kappa shape index (κ3) is 1.57. The molecule has 18 heavy (non-hydrogen) atoms. The predicted molar refractivity (Wildman–Crippen MR) is 62.4 cm³/mol. The fourth-order valence-corrected chi connectivity index (χ4v) is 3.87. The first-order valence-corrected chi connectivity index (χ1v) is 6.45. The Morgan fingerprint density at radius 2 is 1.78 bits per heavy atom. The normalized spacial score (nSPS) is 43.4. The highest BCUT2D eigenvalue weighted by molar-refractivity contribution is 5.86. The Hall–Kier alpha value is -1.36. The zero-order valence-corrected chi connectivity index (χ0v) is 9.95. The molecule has 4 aliphatic carbocycles. The molecule has 0 aromatic carbocycles. The van der Waals surface area contributed by atoms with E-state index < -0.39 is 17.8 Å². The number of aliphatic carboxylic acids is 1. The molecule has 5 heteroatoms. The van der Waals surface area contributed by atoms with Crippen LogP contribution in [0.4, 0.5) is 0 Å². The highest BCUT2D eigenvalue weighted by Gasteiger charge is 2.62. The van der Waals surface area contributed by atoms with E-state index in [2.05, 4.69) is 5.32 Å². The van der Waals surface area contributed by atoms with Crippen LogP contribution in [0.3, 0.4) is 0 Å². The van der Waals surface area contributed by atoms with Crippen molar-refractivity contribution in [3.63, 3.8) is 0 Å². The van der Waals surface area contributed by atoms with Crippen LogP contribution in [0.5, 0.6) is 0 Å². The van der Waals surface area contributed by atoms with E-state index in [0.29, 0.717) is 11.8 Å². The molecule has 0 radical (unpaired) electrons. The van der Waals surface area contributed by atoms with Crippen LogP contribution < -0.4 is 5.32 Å². The first-order valence-electron chi connectivity index (χ1n) is 6.45. The highest BCUT2D eigenvalue weighted by atomic mass is 16.4. The van der Waals surface area contributed by atoms with Crippen LogP contribution in [-0.4, -0.2) is 35.2 Å². The Morgan fingerprint density at radius 3 is 2.33 bits per heavy atom. The second-order valence-corrected chi connectivity index (χ2v) is 5.51. The van der Waals surface area contributed by atoms with Gasteiger partial charge in [-0.05, 0) is 30.1 Å². The second-order valence-electron chi connectivity index (χ2n) is 5.51. The molecule has 0 unspecified atom stereocenters. The number of rotatable bonds is 4.